The number of fused-ring (bicyclic) bond motifs is 1. The normalized spacial score (nSPS) is 16.7. The number of halogens is 1. The van der Waals surface area contributed by atoms with E-state index in [1.54, 1.807) is 31.6 Å². The fourth-order valence-corrected chi connectivity index (χ4v) is 2.90. The Kier molecular flexibility index (Phi) is 4.78. The highest BCUT2D eigenvalue weighted by atomic mass is 35.5. The summed E-state index contributed by atoms with van der Waals surface area (Å²) in [4.78, 5) is 16.4. The molecule has 8 heteroatoms. The lowest BCUT2D eigenvalue weighted by Gasteiger charge is -2.24. The van der Waals surface area contributed by atoms with Gasteiger partial charge >= 0.3 is 6.03 Å². The summed E-state index contributed by atoms with van der Waals surface area (Å²) >= 11 is 6.16. The summed E-state index contributed by atoms with van der Waals surface area (Å²) in [6, 6.07) is 5.12. The average Bonchev–Trinajstić information content (AvgIpc) is 2.98. The molecule has 1 unspecified atom stereocenters. The molecule has 122 valence electrons. The number of aromatic nitrogens is 3. The van der Waals surface area contributed by atoms with E-state index < -0.39 is 0 Å². The Morgan fingerprint density at radius 3 is 3.22 bits per heavy atom. The molecule has 0 bridgehead atoms. The molecule has 0 radical (unpaired) electrons. The lowest BCUT2D eigenvalue weighted by molar-refractivity contribution is 0.185. The van der Waals surface area contributed by atoms with Crippen LogP contribution < -0.4 is 10.6 Å². The minimum Gasteiger partial charge on any atom is -0.380 e. The Labute approximate surface area is 139 Å². The molecule has 7 nitrogen and oxygen atoms in total. The highest BCUT2D eigenvalue weighted by Gasteiger charge is 2.21. The quantitative estimate of drug-likeness (QED) is 0.897. The van der Waals surface area contributed by atoms with Crippen molar-refractivity contribution in [1.82, 2.24) is 20.1 Å². The van der Waals surface area contributed by atoms with Gasteiger partial charge in [0, 0.05) is 29.8 Å². The highest BCUT2D eigenvalue weighted by molar-refractivity contribution is 6.31. The van der Waals surface area contributed by atoms with Crippen LogP contribution in [0.2, 0.25) is 5.02 Å². The second kappa shape index (κ2) is 6.97. The van der Waals surface area contributed by atoms with Crippen LogP contribution in [0.4, 0.5) is 10.5 Å². The van der Waals surface area contributed by atoms with Crippen molar-refractivity contribution in [2.75, 3.05) is 12.4 Å². The van der Waals surface area contributed by atoms with E-state index in [4.69, 9.17) is 16.3 Å². The first kappa shape index (κ1) is 15.8. The number of hydrogen-bond donors (Lipinski definition) is 2. The van der Waals surface area contributed by atoms with Gasteiger partial charge in [-0.25, -0.2) is 14.5 Å². The molecule has 2 amide bonds. The first-order valence-corrected chi connectivity index (χ1v) is 7.75. The van der Waals surface area contributed by atoms with Crippen molar-refractivity contribution >= 4 is 23.3 Å². The van der Waals surface area contributed by atoms with Crippen LogP contribution in [0.25, 0.3) is 0 Å². The largest absolute Gasteiger partial charge is 0.380 e. The van der Waals surface area contributed by atoms with E-state index >= 15 is 0 Å². The topological polar surface area (TPSA) is 81.1 Å². The smallest absolute Gasteiger partial charge is 0.319 e. The number of nitrogens with zero attached hydrogens (tertiary/aromatic N) is 3. The number of benzene rings is 1. The van der Waals surface area contributed by atoms with Crippen LogP contribution in [0.15, 0.2) is 24.5 Å². The number of amides is 2. The number of carbonyl (C=O) groups excluding carboxylic acids is 1. The van der Waals surface area contributed by atoms with Crippen LogP contribution in [0.3, 0.4) is 0 Å². The van der Waals surface area contributed by atoms with Crippen molar-refractivity contribution in [3.05, 3.63) is 40.9 Å². The maximum atomic E-state index is 12.2. The summed E-state index contributed by atoms with van der Waals surface area (Å²) in [6.07, 6.45) is 3.18. The predicted molar refractivity (Wildman–Crippen MR) is 86.5 cm³/mol. The zero-order chi connectivity index (χ0) is 16.2. The molecule has 0 saturated heterocycles. The van der Waals surface area contributed by atoms with Crippen molar-refractivity contribution in [3.8, 4) is 0 Å². The molecule has 1 aliphatic rings. The summed E-state index contributed by atoms with van der Waals surface area (Å²) in [5, 5.41) is 10.5. The van der Waals surface area contributed by atoms with E-state index in [1.165, 1.54) is 0 Å². The molecule has 0 spiro atoms. The molecule has 1 aromatic carbocycles. The van der Waals surface area contributed by atoms with Crippen molar-refractivity contribution < 1.29 is 9.53 Å². The molecular weight excluding hydrogens is 318 g/mol. The van der Waals surface area contributed by atoms with Gasteiger partial charge in [0.25, 0.3) is 0 Å². The number of methoxy groups -OCH3 is 1. The van der Waals surface area contributed by atoms with Crippen LogP contribution in [0.5, 0.6) is 0 Å². The van der Waals surface area contributed by atoms with Gasteiger partial charge in [-0.2, -0.15) is 5.10 Å². The summed E-state index contributed by atoms with van der Waals surface area (Å²) < 4.78 is 6.96. The molecular formula is C15H18ClN5O2. The number of rotatable bonds is 4. The van der Waals surface area contributed by atoms with Gasteiger partial charge in [0.15, 0.2) is 0 Å². The highest BCUT2D eigenvalue weighted by Crippen LogP contribution is 2.25. The zero-order valence-corrected chi connectivity index (χ0v) is 13.5. The first-order valence-electron chi connectivity index (χ1n) is 7.38. The number of urea groups is 1. The van der Waals surface area contributed by atoms with Gasteiger partial charge in [0.1, 0.15) is 12.2 Å². The van der Waals surface area contributed by atoms with Crippen LogP contribution in [0.1, 0.15) is 17.8 Å². The molecule has 1 aromatic heterocycles. The first-order chi connectivity index (χ1) is 11.2. The minimum atomic E-state index is -0.266. The van der Waals surface area contributed by atoms with Gasteiger partial charge in [-0.3, -0.25) is 0 Å². The van der Waals surface area contributed by atoms with Crippen LogP contribution in [-0.2, 0) is 24.3 Å². The predicted octanol–water partition coefficient (Wildman–Crippen LogP) is 2.21. The van der Waals surface area contributed by atoms with Crippen LogP contribution in [-0.4, -0.2) is 33.9 Å². The molecule has 0 saturated carbocycles. The second-order valence-electron chi connectivity index (χ2n) is 5.39. The molecule has 2 heterocycles. The number of carbonyl (C=O) groups is 1. The maximum Gasteiger partial charge on any atom is 0.319 e. The van der Waals surface area contributed by atoms with Gasteiger partial charge in [0.2, 0.25) is 0 Å². The fourth-order valence-electron chi connectivity index (χ4n) is 2.67. The minimum absolute atomic E-state index is 0.0225. The third kappa shape index (κ3) is 3.62. The Morgan fingerprint density at radius 1 is 1.52 bits per heavy atom. The summed E-state index contributed by atoms with van der Waals surface area (Å²) in [5.74, 6) is 0.959. The van der Waals surface area contributed by atoms with Crippen LogP contribution in [0, 0.1) is 0 Å². The van der Waals surface area contributed by atoms with Gasteiger partial charge in [0.05, 0.1) is 19.2 Å². The number of anilines is 1. The van der Waals surface area contributed by atoms with Crippen molar-refractivity contribution in [2.24, 2.45) is 0 Å². The van der Waals surface area contributed by atoms with E-state index in [2.05, 4.69) is 20.7 Å². The summed E-state index contributed by atoms with van der Waals surface area (Å²) in [6.45, 7) is 0.963. The molecule has 3 rings (SSSR count). The van der Waals surface area contributed by atoms with Gasteiger partial charge in [-0.05, 0) is 18.6 Å². The Balaban J connectivity index is 1.63. The molecule has 2 aromatic rings. The third-order valence-corrected chi connectivity index (χ3v) is 4.15. The maximum absolute atomic E-state index is 12.2. The summed E-state index contributed by atoms with van der Waals surface area (Å²) in [7, 11) is 1.59. The number of ether oxygens (including phenoxy) is 1. The molecule has 1 atom stereocenters. The number of nitrogens with one attached hydrogen (secondary N) is 2. The molecule has 1 aliphatic heterocycles. The van der Waals surface area contributed by atoms with E-state index in [-0.39, 0.29) is 12.1 Å². The van der Waals surface area contributed by atoms with Crippen molar-refractivity contribution in [1.29, 1.82) is 0 Å². The Morgan fingerprint density at radius 2 is 2.39 bits per heavy atom. The van der Waals surface area contributed by atoms with Gasteiger partial charge in [-0.1, -0.05) is 17.7 Å². The average molecular weight is 336 g/mol. The fraction of sp³-hybridized carbons (Fsp3) is 0.400. The molecule has 2 N–H and O–H groups in total. The second-order valence-corrected chi connectivity index (χ2v) is 5.80. The van der Waals surface area contributed by atoms with E-state index in [0.717, 1.165) is 24.2 Å². The zero-order valence-electron chi connectivity index (χ0n) is 12.8. The van der Waals surface area contributed by atoms with Crippen LogP contribution >= 0.6 is 11.6 Å². The SMILES string of the molecule is COCc1c(Cl)cccc1NC(=O)NC1CCc2ncnn2C1. The van der Waals surface area contributed by atoms with Gasteiger partial charge < -0.3 is 15.4 Å². The molecule has 0 fully saturated rings. The van der Waals surface area contributed by atoms with Crippen molar-refractivity contribution in [2.45, 2.75) is 32.0 Å². The lowest BCUT2D eigenvalue weighted by atomic mass is 10.1. The lowest BCUT2D eigenvalue weighted by Crippen LogP contribution is -2.43. The number of aryl methyl sites for hydroxylation is 1. The van der Waals surface area contributed by atoms with Gasteiger partial charge in [-0.15, -0.1) is 0 Å². The molecule has 0 aliphatic carbocycles. The van der Waals surface area contributed by atoms with E-state index in [0.29, 0.717) is 23.9 Å². The Hall–Kier alpha value is -2.12. The number of hydrogen-bond acceptors (Lipinski definition) is 4. The molecule has 23 heavy (non-hydrogen) atoms. The van der Waals surface area contributed by atoms with Crippen molar-refractivity contribution in [3.63, 3.8) is 0 Å². The third-order valence-electron chi connectivity index (χ3n) is 3.80. The monoisotopic (exact) mass is 335 g/mol. The summed E-state index contributed by atoms with van der Waals surface area (Å²) in [5.41, 5.74) is 1.41. The van der Waals surface area contributed by atoms with E-state index in [9.17, 15) is 4.79 Å². The standard InChI is InChI=1S/C15H18ClN5O2/c1-23-8-11-12(16)3-2-4-13(11)20-15(22)19-10-5-6-14-17-9-18-21(14)7-10/h2-4,9-10H,5-8H2,1H3,(H2,19,20,22). The van der Waals surface area contributed by atoms with E-state index in [1.807, 2.05) is 4.68 Å². The Bertz CT molecular complexity index is 703.